The average molecular weight is 206 g/mol. The maximum atomic E-state index is 5.53. The molecule has 1 heterocycles. The van der Waals surface area contributed by atoms with Crippen LogP contribution >= 0.6 is 0 Å². The highest BCUT2D eigenvalue weighted by atomic mass is 16.7. The van der Waals surface area contributed by atoms with Gasteiger partial charge in [0.05, 0.1) is 0 Å². The summed E-state index contributed by atoms with van der Waals surface area (Å²) in [5, 5.41) is 0. The first-order valence-corrected chi connectivity index (χ1v) is 5.43. The van der Waals surface area contributed by atoms with Crippen LogP contribution in [-0.2, 0) is 0 Å². The Balaban J connectivity index is 2.73. The molecular weight excluding hydrogens is 188 g/mol. The Morgan fingerprint density at radius 1 is 0.867 bits per heavy atom. The van der Waals surface area contributed by atoms with Crippen molar-refractivity contribution in [2.45, 2.75) is 40.5 Å². The fourth-order valence-corrected chi connectivity index (χ4v) is 2.48. The predicted molar refractivity (Wildman–Crippen MR) is 60.9 cm³/mol. The highest BCUT2D eigenvalue weighted by Crippen LogP contribution is 2.44. The minimum Gasteiger partial charge on any atom is -0.453 e. The molecule has 0 amide bonds. The van der Waals surface area contributed by atoms with Gasteiger partial charge in [-0.2, -0.15) is 0 Å². The molecule has 0 aliphatic carbocycles. The van der Waals surface area contributed by atoms with Gasteiger partial charge in [-0.15, -0.1) is 0 Å². The molecule has 1 aromatic rings. The number of fused-ring (bicyclic) bond motifs is 1. The summed E-state index contributed by atoms with van der Waals surface area (Å²) in [5.74, 6) is 2.41. The van der Waals surface area contributed by atoms with Crippen LogP contribution in [-0.4, -0.2) is 6.79 Å². The molecular formula is C13H18O2. The predicted octanol–water partition coefficient (Wildman–Crippen LogP) is 3.46. The number of rotatable bonds is 1. The SMILES string of the molecule is Cc1c(C)c(C(C)C)c(C)c2c1OCO2. The zero-order valence-corrected chi connectivity index (χ0v) is 10.1. The minimum absolute atomic E-state index is 0.359. The van der Waals surface area contributed by atoms with Crippen LogP contribution in [0.25, 0.3) is 0 Å². The van der Waals surface area contributed by atoms with E-state index in [1.807, 2.05) is 0 Å². The van der Waals surface area contributed by atoms with Crippen LogP contribution in [0.1, 0.15) is 42.0 Å². The molecule has 1 aliphatic heterocycles. The first-order chi connectivity index (χ1) is 7.04. The van der Waals surface area contributed by atoms with E-state index in [2.05, 4.69) is 34.6 Å². The van der Waals surface area contributed by atoms with Gasteiger partial charge in [0, 0.05) is 0 Å². The van der Waals surface area contributed by atoms with Gasteiger partial charge in [-0.1, -0.05) is 13.8 Å². The van der Waals surface area contributed by atoms with Crippen LogP contribution in [0.4, 0.5) is 0 Å². The summed E-state index contributed by atoms with van der Waals surface area (Å²) >= 11 is 0. The zero-order chi connectivity index (χ0) is 11.2. The Hall–Kier alpha value is -1.18. The Bertz CT molecular complexity index is 406. The van der Waals surface area contributed by atoms with E-state index in [1.165, 1.54) is 22.3 Å². The van der Waals surface area contributed by atoms with Crippen LogP contribution in [0, 0.1) is 20.8 Å². The molecule has 0 N–H and O–H groups in total. The summed E-state index contributed by atoms with van der Waals surface area (Å²) < 4.78 is 11.0. The summed E-state index contributed by atoms with van der Waals surface area (Å²) in [4.78, 5) is 0. The maximum Gasteiger partial charge on any atom is 0.231 e. The van der Waals surface area contributed by atoms with Gasteiger partial charge in [0.1, 0.15) is 0 Å². The Morgan fingerprint density at radius 2 is 1.40 bits per heavy atom. The standard InChI is InChI=1S/C13H18O2/c1-7(2)11-8(3)9(4)12-13(10(11)5)15-6-14-12/h7H,6H2,1-5H3. The minimum atomic E-state index is 0.359. The molecule has 2 heteroatoms. The molecule has 0 radical (unpaired) electrons. The van der Waals surface area contributed by atoms with E-state index in [0.29, 0.717) is 12.7 Å². The second-order valence-electron chi connectivity index (χ2n) is 4.51. The average Bonchev–Trinajstić information content (AvgIpc) is 2.62. The molecule has 0 saturated carbocycles. The summed E-state index contributed by atoms with van der Waals surface area (Å²) in [5.41, 5.74) is 5.20. The van der Waals surface area contributed by atoms with E-state index in [4.69, 9.17) is 9.47 Å². The van der Waals surface area contributed by atoms with E-state index in [-0.39, 0.29) is 0 Å². The van der Waals surface area contributed by atoms with Crippen molar-refractivity contribution >= 4 is 0 Å². The highest BCUT2D eigenvalue weighted by molar-refractivity contribution is 5.60. The van der Waals surface area contributed by atoms with Crippen molar-refractivity contribution in [1.29, 1.82) is 0 Å². The Morgan fingerprint density at radius 3 is 1.93 bits per heavy atom. The molecule has 0 fully saturated rings. The smallest absolute Gasteiger partial charge is 0.231 e. The second-order valence-corrected chi connectivity index (χ2v) is 4.51. The number of hydrogen-bond acceptors (Lipinski definition) is 2. The lowest BCUT2D eigenvalue weighted by Gasteiger charge is -2.18. The molecule has 2 nitrogen and oxygen atoms in total. The van der Waals surface area contributed by atoms with Crippen LogP contribution in [0.15, 0.2) is 0 Å². The van der Waals surface area contributed by atoms with Gasteiger partial charge in [0.25, 0.3) is 0 Å². The lowest BCUT2D eigenvalue weighted by Crippen LogP contribution is -2.00. The van der Waals surface area contributed by atoms with E-state index in [1.54, 1.807) is 0 Å². The van der Waals surface area contributed by atoms with E-state index in [9.17, 15) is 0 Å². The largest absolute Gasteiger partial charge is 0.453 e. The molecule has 0 unspecified atom stereocenters. The maximum absolute atomic E-state index is 5.53. The van der Waals surface area contributed by atoms with Crippen molar-refractivity contribution in [2.24, 2.45) is 0 Å². The number of ether oxygens (including phenoxy) is 2. The van der Waals surface area contributed by atoms with Crippen molar-refractivity contribution in [3.8, 4) is 11.5 Å². The molecule has 1 aromatic carbocycles. The Kier molecular flexibility index (Phi) is 2.37. The molecule has 15 heavy (non-hydrogen) atoms. The fraction of sp³-hybridized carbons (Fsp3) is 0.538. The molecule has 82 valence electrons. The first-order valence-electron chi connectivity index (χ1n) is 5.43. The van der Waals surface area contributed by atoms with Crippen molar-refractivity contribution in [3.05, 3.63) is 22.3 Å². The molecule has 0 spiro atoms. The third kappa shape index (κ3) is 1.39. The topological polar surface area (TPSA) is 18.5 Å². The molecule has 2 rings (SSSR count). The lowest BCUT2D eigenvalue weighted by molar-refractivity contribution is 0.173. The van der Waals surface area contributed by atoms with Crippen molar-refractivity contribution in [2.75, 3.05) is 6.79 Å². The fourth-order valence-electron chi connectivity index (χ4n) is 2.48. The van der Waals surface area contributed by atoms with E-state index < -0.39 is 0 Å². The van der Waals surface area contributed by atoms with Crippen molar-refractivity contribution < 1.29 is 9.47 Å². The second kappa shape index (κ2) is 3.44. The molecule has 0 aromatic heterocycles. The van der Waals surface area contributed by atoms with Gasteiger partial charge in [0.2, 0.25) is 6.79 Å². The summed E-state index contributed by atoms with van der Waals surface area (Å²) in [6.07, 6.45) is 0. The zero-order valence-electron chi connectivity index (χ0n) is 10.1. The van der Waals surface area contributed by atoms with Gasteiger partial charge in [-0.05, 0) is 48.9 Å². The van der Waals surface area contributed by atoms with Gasteiger partial charge in [-0.3, -0.25) is 0 Å². The first kappa shape index (κ1) is 10.3. The van der Waals surface area contributed by atoms with Crippen LogP contribution in [0.2, 0.25) is 0 Å². The van der Waals surface area contributed by atoms with Crippen LogP contribution in [0.5, 0.6) is 11.5 Å². The van der Waals surface area contributed by atoms with E-state index >= 15 is 0 Å². The van der Waals surface area contributed by atoms with Gasteiger partial charge < -0.3 is 9.47 Å². The van der Waals surface area contributed by atoms with Gasteiger partial charge in [-0.25, -0.2) is 0 Å². The van der Waals surface area contributed by atoms with Crippen LogP contribution < -0.4 is 9.47 Å². The third-order valence-electron chi connectivity index (χ3n) is 3.24. The molecule has 0 atom stereocenters. The van der Waals surface area contributed by atoms with Gasteiger partial charge >= 0.3 is 0 Å². The number of hydrogen-bond donors (Lipinski definition) is 0. The van der Waals surface area contributed by atoms with Gasteiger partial charge in [0.15, 0.2) is 11.5 Å². The third-order valence-corrected chi connectivity index (χ3v) is 3.24. The molecule has 0 bridgehead atoms. The normalized spacial score (nSPS) is 13.7. The van der Waals surface area contributed by atoms with Crippen LogP contribution in [0.3, 0.4) is 0 Å². The molecule has 1 aliphatic rings. The number of benzene rings is 1. The van der Waals surface area contributed by atoms with E-state index in [0.717, 1.165) is 11.5 Å². The summed E-state index contributed by atoms with van der Waals surface area (Å²) in [6, 6.07) is 0. The Labute approximate surface area is 91.2 Å². The molecule has 0 saturated heterocycles. The van der Waals surface area contributed by atoms with Crippen molar-refractivity contribution in [1.82, 2.24) is 0 Å². The summed E-state index contributed by atoms with van der Waals surface area (Å²) in [6.45, 7) is 11.2. The monoisotopic (exact) mass is 206 g/mol. The quantitative estimate of drug-likeness (QED) is 0.700. The lowest BCUT2D eigenvalue weighted by atomic mass is 9.89. The highest BCUT2D eigenvalue weighted by Gasteiger charge is 2.24. The summed E-state index contributed by atoms with van der Waals surface area (Å²) in [7, 11) is 0. The van der Waals surface area contributed by atoms with Crippen molar-refractivity contribution in [3.63, 3.8) is 0 Å².